The van der Waals surface area contributed by atoms with Crippen LogP contribution in [0.5, 0.6) is 0 Å². The van der Waals surface area contributed by atoms with E-state index in [-0.39, 0.29) is 13.2 Å². The summed E-state index contributed by atoms with van der Waals surface area (Å²) in [4.78, 5) is 0. The van der Waals surface area contributed by atoms with Gasteiger partial charge >= 0.3 is 6.18 Å². The average Bonchev–Trinajstić information content (AvgIpc) is 2.23. The number of aliphatic hydroxyl groups excluding tert-OH is 1. The molecule has 0 saturated heterocycles. The zero-order valence-corrected chi connectivity index (χ0v) is 9.73. The van der Waals surface area contributed by atoms with E-state index in [1.54, 1.807) is 0 Å². The first kappa shape index (κ1) is 15.7. The number of rotatable bonds is 8. The lowest BCUT2D eigenvalue weighted by molar-refractivity contribution is -0.173. The van der Waals surface area contributed by atoms with Crippen LogP contribution in [0, 0.1) is 0 Å². The molecule has 0 unspecified atom stereocenters. The minimum absolute atomic E-state index is 0.0126. The first-order chi connectivity index (χ1) is 7.39. The van der Waals surface area contributed by atoms with Crippen LogP contribution in [0.4, 0.5) is 13.2 Å². The number of halogens is 3. The van der Waals surface area contributed by atoms with Crippen molar-refractivity contribution in [2.75, 3.05) is 26.4 Å². The third kappa shape index (κ3) is 6.30. The number of ether oxygens (including phenoxy) is 1. The van der Waals surface area contributed by atoms with Gasteiger partial charge in [0.15, 0.2) is 0 Å². The van der Waals surface area contributed by atoms with Gasteiger partial charge in [0, 0.05) is 12.1 Å². The molecule has 0 heterocycles. The first-order valence-corrected chi connectivity index (χ1v) is 5.39. The second-order valence-electron chi connectivity index (χ2n) is 3.74. The molecule has 0 aliphatic rings. The number of aliphatic hydroxyl groups is 1. The van der Waals surface area contributed by atoms with Crippen LogP contribution in [0.25, 0.3) is 0 Å². The van der Waals surface area contributed by atoms with E-state index >= 15 is 0 Å². The Morgan fingerprint density at radius 1 is 1.19 bits per heavy atom. The summed E-state index contributed by atoms with van der Waals surface area (Å²) in [5.74, 6) is 0. The quantitative estimate of drug-likeness (QED) is 0.638. The minimum Gasteiger partial charge on any atom is -0.394 e. The molecule has 2 N–H and O–H groups in total. The summed E-state index contributed by atoms with van der Waals surface area (Å²) in [5, 5.41) is 12.2. The topological polar surface area (TPSA) is 41.5 Å². The van der Waals surface area contributed by atoms with E-state index in [0.717, 1.165) is 12.8 Å². The van der Waals surface area contributed by atoms with Crippen LogP contribution in [-0.2, 0) is 4.74 Å². The highest BCUT2D eigenvalue weighted by Crippen LogP contribution is 2.15. The number of nitrogens with one attached hydrogen (secondary N) is 1. The van der Waals surface area contributed by atoms with Crippen molar-refractivity contribution in [3.05, 3.63) is 0 Å². The van der Waals surface area contributed by atoms with Crippen molar-refractivity contribution in [3.8, 4) is 0 Å². The van der Waals surface area contributed by atoms with Crippen molar-refractivity contribution in [2.45, 2.75) is 38.4 Å². The fraction of sp³-hybridized carbons (Fsp3) is 1.00. The maximum absolute atomic E-state index is 11.7. The Balaban J connectivity index is 3.71. The van der Waals surface area contributed by atoms with E-state index in [1.807, 2.05) is 13.8 Å². The van der Waals surface area contributed by atoms with Gasteiger partial charge < -0.3 is 15.2 Å². The highest BCUT2D eigenvalue weighted by Gasteiger charge is 2.28. The van der Waals surface area contributed by atoms with Crippen LogP contribution in [0.2, 0.25) is 0 Å². The summed E-state index contributed by atoms with van der Waals surface area (Å²) in [7, 11) is 0. The zero-order valence-electron chi connectivity index (χ0n) is 9.73. The molecule has 0 aromatic heterocycles. The van der Waals surface area contributed by atoms with E-state index in [1.165, 1.54) is 0 Å². The summed E-state index contributed by atoms with van der Waals surface area (Å²) in [6.45, 7) is 2.88. The van der Waals surface area contributed by atoms with Crippen LogP contribution in [0.3, 0.4) is 0 Å². The SMILES string of the molecule is CCC(CC)(CO)NCCOCC(F)(F)F. The first-order valence-electron chi connectivity index (χ1n) is 5.39. The third-order valence-electron chi connectivity index (χ3n) is 2.67. The van der Waals surface area contributed by atoms with E-state index in [2.05, 4.69) is 10.1 Å². The molecular weight excluding hydrogens is 223 g/mol. The molecule has 0 spiro atoms. The lowest BCUT2D eigenvalue weighted by Gasteiger charge is -2.30. The molecule has 3 nitrogen and oxygen atoms in total. The Labute approximate surface area is 94.0 Å². The van der Waals surface area contributed by atoms with Gasteiger partial charge in [-0.3, -0.25) is 0 Å². The molecule has 0 saturated carbocycles. The minimum atomic E-state index is -4.27. The highest BCUT2D eigenvalue weighted by molar-refractivity contribution is 4.84. The van der Waals surface area contributed by atoms with Gasteiger partial charge in [-0.25, -0.2) is 0 Å². The molecule has 16 heavy (non-hydrogen) atoms. The Kier molecular flexibility index (Phi) is 6.94. The van der Waals surface area contributed by atoms with Crippen molar-refractivity contribution in [2.24, 2.45) is 0 Å². The van der Waals surface area contributed by atoms with Gasteiger partial charge in [0.2, 0.25) is 0 Å². The maximum Gasteiger partial charge on any atom is 0.411 e. The Bertz CT molecular complexity index is 173. The second-order valence-corrected chi connectivity index (χ2v) is 3.74. The van der Waals surface area contributed by atoms with Crippen LogP contribution >= 0.6 is 0 Å². The average molecular weight is 243 g/mol. The molecule has 0 aromatic carbocycles. The molecule has 0 aliphatic heterocycles. The van der Waals surface area contributed by atoms with E-state index in [0.29, 0.717) is 6.54 Å². The van der Waals surface area contributed by atoms with Gasteiger partial charge in [-0.15, -0.1) is 0 Å². The van der Waals surface area contributed by atoms with Gasteiger partial charge in [0.25, 0.3) is 0 Å². The predicted molar refractivity (Wildman–Crippen MR) is 55.3 cm³/mol. The van der Waals surface area contributed by atoms with Gasteiger partial charge in [0.1, 0.15) is 6.61 Å². The van der Waals surface area contributed by atoms with Gasteiger partial charge in [-0.2, -0.15) is 13.2 Å². The molecule has 0 radical (unpaired) electrons. The molecule has 0 bridgehead atoms. The molecule has 0 amide bonds. The normalized spacial score (nSPS) is 13.1. The van der Waals surface area contributed by atoms with E-state index < -0.39 is 18.3 Å². The molecule has 0 atom stereocenters. The van der Waals surface area contributed by atoms with Crippen molar-refractivity contribution in [1.29, 1.82) is 0 Å². The fourth-order valence-corrected chi connectivity index (χ4v) is 1.36. The number of hydrogen-bond donors (Lipinski definition) is 2. The molecule has 0 aliphatic carbocycles. The van der Waals surface area contributed by atoms with Crippen LogP contribution in [-0.4, -0.2) is 43.2 Å². The zero-order chi connectivity index (χ0) is 12.7. The largest absolute Gasteiger partial charge is 0.411 e. The number of hydrogen-bond acceptors (Lipinski definition) is 3. The monoisotopic (exact) mass is 243 g/mol. The maximum atomic E-state index is 11.7. The molecule has 0 aromatic rings. The summed E-state index contributed by atoms with van der Waals surface area (Å²) in [6.07, 6.45) is -2.83. The van der Waals surface area contributed by atoms with Crippen molar-refractivity contribution < 1.29 is 23.0 Å². The fourth-order valence-electron chi connectivity index (χ4n) is 1.36. The Morgan fingerprint density at radius 3 is 2.12 bits per heavy atom. The summed E-state index contributed by atoms with van der Waals surface area (Å²) in [6, 6.07) is 0. The molecule has 0 fully saturated rings. The van der Waals surface area contributed by atoms with Gasteiger partial charge in [0.05, 0.1) is 13.2 Å². The lowest BCUT2D eigenvalue weighted by Crippen LogP contribution is -2.48. The number of alkyl halides is 3. The molecule has 6 heteroatoms. The van der Waals surface area contributed by atoms with Crippen LogP contribution in [0.15, 0.2) is 0 Å². The van der Waals surface area contributed by atoms with Crippen molar-refractivity contribution in [1.82, 2.24) is 5.32 Å². The van der Waals surface area contributed by atoms with Gasteiger partial charge in [-0.05, 0) is 12.8 Å². The molecule has 0 rings (SSSR count). The van der Waals surface area contributed by atoms with Crippen molar-refractivity contribution >= 4 is 0 Å². The summed E-state index contributed by atoms with van der Waals surface area (Å²) < 4.78 is 39.6. The van der Waals surface area contributed by atoms with Gasteiger partial charge in [-0.1, -0.05) is 13.8 Å². The van der Waals surface area contributed by atoms with E-state index in [9.17, 15) is 18.3 Å². The highest BCUT2D eigenvalue weighted by atomic mass is 19.4. The smallest absolute Gasteiger partial charge is 0.394 e. The summed E-state index contributed by atoms with van der Waals surface area (Å²) in [5.41, 5.74) is -0.401. The third-order valence-corrected chi connectivity index (χ3v) is 2.67. The summed E-state index contributed by atoms with van der Waals surface area (Å²) >= 11 is 0. The molecular formula is C10H20F3NO2. The standard InChI is InChI=1S/C10H20F3NO2/c1-3-9(4-2,7-15)14-5-6-16-8-10(11,12)13/h14-15H,3-8H2,1-2H3. The Hall–Kier alpha value is -0.330. The van der Waals surface area contributed by atoms with Crippen LogP contribution in [0.1, 0.15) is 26.7 Å². The predicted octanol–water partition coefficient (Wildman–Crippen LogP) is 1.71. The van der Waals surface area contributed by atoms with E-state index in [4.69, 9.17) is 0 Å². The molecule has 98 valence electrons. The van der Waals surface area contributed by atoms with Crippen molar-refractivity contribution in [3.63, 3.8) is 0 Å². The van der Waals surface area contributed by atoms with Crippen LogP contribution < -0.4 is 5.32 Å². The lowest BCUT2D eigenvalue weighted by atomic mass is 9.94. The second kappa shape index (κ2) is 7.09. The Morgan fingerprint density at radius 2 is 1.75 bits per heavy atom.